The Bertz CT molecular complexity index is 2570. The summed E-state index contributed by atoms with van der Waals surface area (Å²) in [5.74, 6) is -6.81. The van der Waals surface area contributed by atoms with Crippen molar-refractivity contribution >= 4 is 23.7 Å². The fraction of sp³-hybridized carbons (Fsp3) is 0.921. The largest absolute Gasteiger partial charge is 0.459 e. The summed E-state index contributed by atoms with van der Waals surface area (Å²) in [5, 5.41) is 188. The van der Waals surface area contributed by atoms with Gasteiger partial charge in [0, 0.05) is 26.7 Å². The van der Waals surface area contributed by atoms with Crippen molar-refractivity contribution in [3.63, 3.8) is 0 Å². The van der Waals surface area contributed by atoms with Crippen molar-refractivity contribution in [1.82, 2.24) is 16.0 Å². The third-order valence-corrected chi connectivity index (χ3v) is 20.9. The van der Waals surface area contributed by atoms with E-state index in [-0.39, 0.29) is 12.3 Å². The molecule has 28 atom stereocenters. The number of ether oxygens (including phenoxy) is 11. The molecule has 0 spiro atoms. The first-order valence-corrected chi connectivity index (χ1v) is 40.5. The molecular weight excluding hydrogens is 1450 g/mol. The second-order valence-corrected chi connectivity index (χ2v) is 30.4. The summed E-state index contributed by atoms with van der Waals surface area (Å²) in [6.07, 6.45) is -16.9. The third kappa shape index (κ3) is 30.3. The maximum absolute atomic E-state index is 14.9. The molecule has 5 aliphatic rings. The van der Waals surface area contributed by atoms with E-state index in [1.54, 1.807) is 6.08 Å². The zero-order valence-electron chi connectivity index (χ0n) is 65.3. The van der Waals surface area contributed by atoms with E-state index in [1.165, 1.54) is 117 Å². The highest BCUT2D eigenvalue weighted by Crippen LogP contribution is 2.42. The number of unbranched alkanes of at least 4 members (excludes halogenated alkanes) is 25. The highest BCUT2D eigenvalue weighted by molar-refractivity contribution is 5.79. The normalized spacial score (nSPS) is 34.0. The lowest BCUT2D eigenvalue weighted by molar-refractivity contribution is -0.404. The number of carbonyl (C=O) groups excluding carboxylic acids is 4. The molecule has 0 radical (unpaired) electrons. The molecule has 3 amide bonds. The number of aliphatic hydroxyl groups is 16. The molecule has 0 aromatic carbocycles. The van der Waals surface area contributed by atoms with Crippen LogP contribution < -0.4 is 16.0 Å². The van der Waals surface area contributed by atoms with Gasteiger partial charge in [0.25, 0.3) is 5.79 Å². The smallest absolute Gasteiger partial charge is 0.367 e. The Labute approximate surface area is 647 Å². The van der Waals surface area contributed by atoms with Gasteiger partial charge in [-0.05, 0) is 33.1 Å². The first kappa shape index (κ1) is 97.2. The minimum absolute atomic E-state index is 0.140. The average molecular weight is 1590 g/mol. The molecule has 34 heteroatoms. The lowest BCUT2D eigenvalue weighted by Crippen LogP contribution is -2.72. The first-order valence-electron chi connectivity index (χ1n) is 40.5. The van der Waals surface area contributed by atoms with Crippen LogP contribution in [0.25, 0.3) is 0 Å². The maximum atomic E-state index is 14.9. The zero-order valence-corrected chi connectivity index (χ0v) is 65.3. The molecule has 0 aromatic rings. The molecule has 5 aliphatic heterocycles. The molecule has 5 rings (SSSR count). The molecule has 5 saturated heterocycles. The maximum Gasteiger partial charge on any atom is 0.367 e. The van der Waals surface area contributed by atoms with Crippen LogP contribution in [0.5, 0.6) is 0 Å². The van der Waals surface area contributed by atoms with E-state index in [2.05, 4.69) is 29.8 Å². The summed E-state index contributed by atoms with van der Waals surface area (Å²) in [7, 11) is 0. The fourth-order valence-corrected chi connectivity index (χ4v) is 14.6. The molecule has 0 saturated carbocycles. The summed E-state index contributed by atoms with van der Waals surface area (Å²) in [5.41, 5.74) is 0. The fourth-order valence-electron chi connectivity index (χ4n) is 14.6. The van der Waals surface area contributed by atoms with Crippen LogP contribution in [0, 0.1) is 0 Å². The van der Waals surface area contributed by atoms with Crippen molar-refractivity contribution in [2.45, 2.75) is 405 Å². The lowest BCUT2D eigenvalue weighted by atomic mass is 9.88. The van der Waals surface area contributed by atoms with Gasteiger partial charge < -0.3 is 150 Å². The van der Waals surface area contributed by atoms with Gasteiger partial charge in [-0.1, -0.05) is 180 Å². The van der Waals surface area contributed by atoms with Crippen molar-refractivity contribution in [3.8, 4) is 0 Å². The van der Waals surface area contributed by atoms with Gasteiger partial charge in [-0.2, -0.15) is 0 Å². The number of hydrogen-bond acceptors (Lipinski definition) is 31. The van der Waals surface area contributed by atoms with Crippen molar-refractivity contribution in [2.75, 3.05) is 39.6 Å². The summed E-state index contributed by atoms with van der Waals surface area (Å²) < 4.78 is 66.9. The molecule has 5 fully saturated rings. The summed E-state index contributed by atoms with van der Waals surface area (Å²) in [6, 6.07) is -4.73. The summed E-state index contributed by atoms with van der Waals surface area (Å²) >= 11 is 0. The van der Waals surface area contributed by atoms with Crippen molar-refractivity contribution in [2.24, 2.45) is 0 Å². The number of amides is 3. The quantitative estimate of drug-likeness (QED) is 0.0213. The van der Waals surface area contributed by atoms with Crippen LogP contribution in [-0.2, 0) is 71.3 Å². The number of carbonyl (C=O) groups is 4. The molecule has 0 aliphatic carbocycles. The highest BCUT2D eigenvalue weighted by atomic mass is 16.8. The van der Waals surface area contributed by atoms with Crippen LogP contribution >= 0.6 is 0 Å². The van der Waals surface area contributed by atoms with E-state index in [0.29, 0.717) is 12.8 Å². The third-order valence-electron chi connectivity index (χ3n) is 20.9. The van der Waals surface area contributed by atoms with Crippen LogP contribution in [0.1, 0.15) is 228 Å². The number of esters is 1. The molecule has 642 valence electrons. The van der Waals surface area contributed by atoms with E-state index in [4.69, 9.17) is 52.1 Å². The first-order chi connectivity index (χ1) is 52.6. The monoisotopic (exact) mass is 1590 g/mol. The molecule has 5 heterocycles. The molecule has 34 nitrogen and oxygen atoms in total. The number of aliphatic hydroxyl groups excluding tert-OH is 16. The van der Waals surface area contributed by atoms with E-state index < -0.39 is 241 Å². The number of nitrogens with one attached hydrogen (secondary N) is 3. The molecule has 0 aromatic heterocycles. The predicted octanol–water partition coefficient (Wildman–Crippen LogP) is -0.175. The average Bonchev–Trinajstić information content (AvgIpc) is 0.744. The Morgan fingerprint density at radius 3 is 1.45 bits per heavy atom. The SMILES string of the molecule is CCCCCCCCCCCCC/C=C/C(O)C(COC1OC(CO)C(OC2OC(CO)C(OC3OC(CO)C(O)C(OC4OC(CO)C(O)C(O)C4O)C3NC(C)=O)C(OC3(C(=O)OC(C)C)CC(O)C(NC(C)=O)C(C(O)C(O)CO)O3)C2O)C(O)C1O)NC(=O)CCCCCCCCCCCCCCCCC. The topological polar surface area (TPSA) is 530 Å². The van der Waals surface area contributed by atoms with Gasteiger partial charge in [0.05, 0.1) is 70.0 Å². The minimum Gasteiger partial charge on any atom is -0.459 e. The van der Waals surface area contributed by atoms with Crippen LogP contribution in [0.15, 0.2) is 12.2 Å². The Balaban J connectivity index is 1.44. The van der Waals surface area contributed by atoms with Gasteiger partial charge in [-0.15, -0.1) is 0 Å². The summed E-state index contributed by atoms with van der Waals surface area (Å²) in [6.45, 7) is 3.25. The van der Waals surface area contributed by atoms with Crippen molar-refractivity contribution in [3.05, 3.63) is 12.2 Å². The van der Waals surface area contributed by atoms with E-state index >= 15 is 0 Å². The van der Waals surface area contributed by atoms with Crippen LogP contribution in [0.3, 0.4) is 0 Å². The van der Waals surface area contributed by atoms with E-state index in [0.717, 1.165) is 71.6 Å². The van der Waals surface area contributed by atoms with E-state index in [9.17, 15) is 101 Å². The van der Waals surface area contributed by atoms with Crippen molar-refractivity contribution < 1.29 is 153 Å². The van der Waals surface area contributed by atoms with Gasteiger partial charge >= 0.3 is 5.97 Å². The molecule has 0 bridgehead atoms. The van der Waals surface area contributed by atoms with Crippen LogP contribution in [0.4, 0.5) is 0 Å². The highest BCUT2D eigenvalue weighted by Gasteiger charge is 2.63. The van der Waals surface area contributed by atoms with Gasteiger partial charge in [-0.3, -0.25) is 14.4 Å². The lowest BCUT2D eigenvalue weighted by Gasteiger charge is -2.53. The summed E-state index contributed by atoms with van der Waals surface area (Å²) in [4.78, 5) is 54.3. The van der Waals surface area contributed by atoms with E-state index in [1.807, 2.05) is 6.08 Å². The Kier molecular flexibility index (Phi) is 45.6. The molecule has 110 heavy (non-hydrogen) atoms. The van der Waals surface area contributed by atoms with Gasteiger partial charge in [0.2, 0.25) is 17.7 Å². The zero-order chi connectivity index (χ0) is 81.0. The van der Waals surface area contributed by atoms with Gasteiger partial charge in [0.1, 0.15) is 116 Å². The van der Waals surface area contributed by atoms with Gasteiger partial charge in [-0.25, -0.2) is 4.79 Å². The molecule has 19 N–H and O–H groups in total. The predicted molar refractivity (Wildman–Crippen MR) is 392 cm³/mol. The Hall–Kier alpha value is -3.42. The second-order valence-electron chi connectivity index (χ2n) is 30.4. The number of rotatable bonds is 53. The minimum atomic E-state index is -3.17. The molecular formula is C76H137N3O31. The Morgan fingerprint density at radius 1 is 0.491 bits per heavy atom. The number of allylic oxidation sites excluding steroid dienone is 1. The number of hydrogen-bond donors (Lipinski definition) is 19. The van der Waals surface area contributed by atoms with Crippen LogP contribution in [-0.4, -0.2) is 322 Å². The van der Waals surface area contributed by atoms with Crippen molar-refractivity contribution in [1.29, 1.82) is 0 Å². The molecule has 28 unspecified atom stereocenters. The van der Waals surface area contributed by atoms with Gasteiger partial charge in [0.15, 0.2) is 25.2 Å². The standard InChI is InChI=1S/C76H137N3O31/c1-7-9-11-13-15-17-19-21-22-24-26-28-30-32-34-36-55(90)79-47(48(87)35-33-31-29-27-25-23-20-18-16-14-12-10-8-2)43-100-72-64(97)62(95)66(53(41-83)104-72)106-74-65(98)70(110-76(75(99)101-44(3)4)37-49(88)56(77-45(5)85)69(109-76)58(91)50(89)38-80)67(54(42-84)105-74)107-71-57(78-46(6)86)68(60(93)52(40-82)102-71)108-73-63(96)61(94)59(92)51(39-81)103-73/h33,35,44,47-54,56-74,80-84,87-89,91-98H,7-32,34,36-43H2,1-6H3,(H,77,85)(H,78,86)(H,79,90)/b35-33+. The second kappa shape index (κ2) is 51.6. The van der Waals surface area contributed by atoms with Crippen LogP contribution in [0.2, 0.25) is 0 Å². The Morgan fingerprint density at radius 2 is 0.936 bits per heavy atom.